The lowest BCUT2D eigenvalue weighted by Gasteiger charge is -2.38. The lowest BCUT2D eigenvalue weighted by atomic mass is 10.0. The van der Waals surface area contributed by atoms with Gasteiger partial charge in [-0.3, -0.25) is 18.8 Å². The van der Waals surface area contributed by atoms with E-state index in [4.69, 9.17) is 0 Å². The van der Waals surface area contributed by atoms with Crippen LogP contribution < -0.4 is 11.2 Å². The van der Waals surface area contributed by atoms with Crippen molar-refractivity contribution >= 4 is 0 Å². The van der Waals surface area contributed by atoms with Crippen molar-refractivity contribution in [3.63, 3.8) is 0 Å². The van der Waals surface area contributed by atoms with Crippen LogP contribution in [-0.4, -0.2) is 19.6 Å². The van der Waals surface area contributed by atoms with Gasteiger partial charge in [0.15, 0.2) is 0 Å². The molecule has 0 aliphatic carbocycles. The van der Waals surface area contributed by atoms with Gasteiger partial charge in [-0.2, -0.15) is 0 Å². The summed E-state index contributed by atoms with van der Waals surface area (Å²) >= 11 is 0. The Bertz CT molecular complexity index is 634. The van der Waals surface area contributed by atoms with Crippen molar-refractivity contribution in [1.29, 1.82) is 0 Å². The smallest absolute Gasteiger partial charge is 0.299 e. The molecule has 2 heterocycles. The summed E-state index contributed by atoms with van der Waals surface area (Å²) in [6, 6.07) is 0.0899. The van der Waals surface area contributed by atoms with Crippen LogP contribution in [0.2, 0.25) is 0 Å². The minimum absolute atomic E-state index is 0.0236. The maximum atomic E-state index is 12.4. The van der Waals surface area contributed by atoms with Crippen LogP contribution in [0.3, 0.4) is 0 Å². The lowest BCUT2D eigenvalue weighted by molar-refractivity contribution is 0.0652. The molecule has 5 nitrogen and oxygen atoms in total. The lowest BCUT2D eigenvalue weighted by Crippen LogP contribution is -2.41. The third kappa shape index (κ3) is 1.79. The van der Waals surface area contributed by atoms with Crippen molar-refractivity contribution < 1.29 is 0 Å². The van der Waals surface area contributed by atoms with E-state index in [2.05, 4.69) is 32.6 Å². The number of nitrogens with zero attached hydrogens (tertiary/aromatic N) is 3. The number of hydrogen-bond acceptors (Lipinski definition) is 3. The van der Waals surface area contributed by atoms with Crippen molar-refractivity contribution in [3.8, 4) is 0 Å². The Morgan fingerprint density at radius 2 is 1.47 bits per heavy atom. The summed E-state index contributed by atoms with van der Waals surface area (Å²) in [4.78, 5) is 26.7. The molecular formula is C14H23N3O2. The molecule has 1 aromatic heterocycles. The molecule has 2 atom stereocenters. The highest BCUT2D eigenvalue weighted by molar-refractivity contribution is 5.31. The fourth-order valence-corrected chi connectivity index (χ4v) is 3.55. The summed E-state index contributed by atoms with van der Waals surface area (Å²) in [5.41, 5.74) is 1.14. The van der Waals surface area contributed by atoms with Crippen molar-refractivity contribution in [1.82, 2.24) is 14.0 Å². The van der Waals surface area contributed by atoms with E-state index in [9.17, 15) is 9.59 Å². The Morgan fingerprint density at radius 1 is 0.947 bits per heavy atom. The predicted octanol–water partition coefficient (Wildman–Crippen LogP) is 1.32. The molecule has 0 radical (unpaired) electrons. The van der Waals surface area contributed by atoms with Crippen LogP contribution in [0.4, 0.5) is 0 Å². The molecule has 2 rings (SSSR count). The van der Waals surface area contributed by atoms with Gasteiger partial charge < -0.3 is 0 Å². The zero-order valence-corrected chi connectivity index (χ0v) is 12.8. The Morgan fingerprint density at radius 3 is 1.95 bits per heavy atom. The molecule has 0 N–H and O–H groups in total. The van der Waals surface area contributed by atoms with E-state index in [1.54, 1.807) is 18.7 Å². The quantitative estimate of drug-likeness (QED) is 0.711. The van der Waals surface area contributed by atoms with Crippen LogP contribution in [0.1, 0.15) is 58.0 Å². The summed E-state index contributed by atoms with van der Waals surface area (Å²) < 4.78 is 2.82. The minimum Gasteiger partial charge on any atom is -0.299 e. The van der Waals surface area contributed by atoms with Gasteiger partial charge in [0, 0.05) is 37.4 Å². The first-order valence-corrected chi connectivity index (χ1v) is 6.67. The average Bonchev–Trinajstić information content (AvgIpc) is 2.55. The van der Waals surface area contributed by atoms with Crippen LogP contribution in [0.15, 0.2) is 9.59 Å². The topological polar surface area (TPSA) is 47.2 Å². The molecule has 0 fully saturated rings. The predicted molar refractivity (Wildman–Crippen MR) is 75.3 cm³/mol. The molecule has 0 saturated heterocycles. The second kappa shape index (κ2) is 4.07. The Kier molecular flexibility index (Phi) is 3.01. The van der Waals surface area contributed by atoms with E-state index in [1.807, 2.05) is 6.92 Å². The molecule has 0 amide bonds. The van der Waals surface area contributed by atoms with Gasteiger partial charge in [-0.05, 0) is 34.6 Å². The first-order chi connectivity index (χ1) is 8.59. The molecule has 1 aromatic rings. The van der Waals surface area contributed by atoms with Crippen LogP contribution >= 0.6 is 0 Å². The van der Waals surface area contributed by atoms with Crippen molar-refractivity contribution in [3.05, 3.63) is 32.1 Å². The van der Waals surface area contributed by atoms with Crippen LogP contribution in [-0.2, 0) is 14.1 Å². The second-order valence-electron chi connectivity index (χ2n) is 6.43. The van der Waals surface area contributed by atoms with Gasteiger partial charge in [-0.25, -0.2) is 4.79 Å². The second-order valence-corrected chi connectivity index (χ2v) is 6.43. The van der Waals surface area contributed by atoms with Gasteiger partial charge in [0.25, 0.3) is 5.56 Å². The summed E-state index contributed by atoms with van der Waals surface area (Å²) in [5.74, 6) is 0. The van der Waals surface area contributed by atoms with Crippen molar-refractivity contribution in [2.75, 3.05) is 0 Å². The fourth-order valence-electron chi connectivity index (χ4n) is 3.55. The van der Waals surface area contributed by atoms with E-state index in [0.29, 0.717) is 0 Å². The van der Waals surface area contributed by atoms with Crippen LogP contribution in [0.25, 0.3) is 0 Å². The molecule has 106 valence electrons. The number of rotatable bonds is 0. The average molecular weight is 265 g/mol. The zero-order chi connectivity index (χ0) is 14.7. The standard InChI is InChI=1S/C14H23N3O2/c1-8-10-11(9(2)17(8)14(3,4)5)15(6)13(19)16(7)12(10)18/h8-9H,1-7H3. The number of aromatic nitrogens is 2. The highest BCUT2D eigenvalue weighted by Crippen LogP contribution is 2.43. The van der Waals surface area contributed by atoms with Crippen molar-refractivity contribution in [2.24, 2.45) is 14.1 Å². The van der Waals surface area contributed by atoms with Gasteiger partial charge in [-0.15, -0.1) is 0 Å². The molecule has 0 saturated carbocycles. The number of fused-ring (bicyclic) bond motifs is 1. The highest BCUT2D eigenvalue weighted by Gasteiger charge is 2.43. The fraction of sp³-hybridized carbons (Fsp3) is 0.714. The van der Waals surface area contributed by atoms with Gasteiger partial charge in [0.2, 0.25) is 0 Å². The summed E-state index contributed by atoms with van der Waals surface area (Å²) in [7, 11) is 3.29. The van der Waals surface area contributed by atoms with E-state index >= 15 is 0 Å². The van der Waals surface area contributed by atoms with Gasteiger partial charge in [0.1, 0.15) is 0 Å². The SMILES string of the molecule is CC1c2c(n(C)c(=O)n(C)c2=O)C(C)N1C(C)(C)C. The maximum absolute atomic E-state index is 12.4. The molecule has 1 aliphatic rings. The molecule has 2 unspecified atom stereocenters. The zero-order valence-electron chi connectivity index (χ0n) is 12.8. The third-order valence-corrected chi connectivity index (χ3v) is 4.17. The normalized spacial score (nSPS) is 23.7. The van der Waals surface area contributed by atoms with Crippen LogP contribution in [0, 0.1) is 0 Å². The Hall–Kier alpha value is -1.36. The van der Waals surface area contributed by atoms with Gasteiger partial charge >= 0.3 is 5.69 Å². The molecule has 1 aliphatic heterocycles. The first kappa shape index (κ1) is 14.1. The summed E-state index contributed by atoms with van der Waals surface area (Å²) in [6.45, 7) is 10.5. The molecule has 19 heavy (non-hydrogen) atoms. The highest BCUT2D eigenvalue weighted by atomic mass is 16.2. The van der Waals surface area contributed by atoms with Gasteiger partial charge in [0.05, 0.1) is 5.56 Å². The first-order valence-electron chi connectivity index (χ1n) is 6.67. The monoisotopic (exact) mass is 265 g/mol. The summed E-state index contributed by atoms with van der Waals surface area (Å²) in [5, 5.41) is 0. The molecule has 0 aromatic carbocycles. The molecule has 0 bridgehead atoms. The maximum Gasteiger partial charge on any atom is 0.330 e. The Labute approximate surface area is 113 Å². The molecular weight excluding hydrogens is 242 g/mol. The molecule has 5 heteroatoms. The van der Waals surface area contributed by atoms with E-state index in [-0.39, 0.29) is 28.9 Å². The van der Waals surface area contributed by atoms with E-state index in [0.717, 1.165) is 11.3 Å². The third-order valence-electron chi connectivity index (χ3n) is 4.17. The minimum atomic E-state index is -0.251. The molecule has 0 spiro atoms. The van der Waals surface area contributed by atoms with Gasteiger partial charge in [-0.1, -0.05) is 0 Å². The van der Waals surface area contributed by atoms with Crippen molar-refractivity contribution in [2.45, 2.75) is 52.2 Å². The van der Waals surface area contributed by atoms with E-state index in [1.165, 1.54) is 4.57 Å². The Balaban J connectivity index is 2.81. The largest absolute Gasteiger partial charge is 0.330 e. The van der Waals surface area contributed by atoms with E-state index < -0.39 is 0 Å². The van der Waals surface area contributed by atoms with Crippen LogP contribution in [0.5, 0.6) is 0 Å². The summed E-state index contributed by atoms with van der Waals surface area (Å²) in [6.07, 6.45) is 0. The number of hydrogen-bond donors (Lipinski definition) is 0.